The quantitative estimate of drug-likeness (QED) is 0.703. The summed E-state index contributed by atoms with van der Waals surface area (Å²) in [6.07, 6.45) is 1.45. The van der Waals surface area contributed by atoms with Gasteiger partial charge in [0.2, 0.25) is 15.9 Å². The van der Waals surface area contributed by atoms with Gasteiger partial charge in [-0.05, 0) is 42.5 Å². The van der Waals surface area contributed by atoms with Gasteiger partial charge in [0.1, 0.15) is 0 Å². The predicted molar refractivity (Wildman–Crippen MR) is 118 cm³/mol. The summed E-state index contributed by atoms with van der Waals surface area (Å²) in [6.45, 7) is 5.34. The van der Waals surface area contributed by atoms with Crippen LogP contribution in [0.3, 0.4) is 0 Å². The molecule has 2 aromatic rings. The number of hydrogen-bond donors (Lipinski definition) is 1. The first kappa shape index (κ1) is 22.5. The van der Waals surface area contributed by atoms with E-state index in [9.17, 15) is 18.0 Å². The SMILES string of the molecule is CCN(CC)S(=O)(=O)c1cccc(NC(=O)[C@H]2CCCN(C(=O)c3cccs3)C2)c1. The van der Waals surface area contributed by atoms with E-state index in [1.54, 1.807) is 36.9 Å². The van der Waals surface area contributed by atoms with E-state index >= 15 is 0 Å². The van der Waals surface area contributed by atoms with Crippen molar-refractivity contribution in [1.82, 2.24) is 9.21 Å². The number of rotatable bonds is 7. The number of nitrogens with zero attached hydrogens (tertiary/aromatic N) is 2. The monoisotopic (exact) mass is 449 g/mol. The van der Waals surface area contributed by atoms with Crippen LogP contribution in [0.4, 0.5) is 5.69 Å². The fourth-order valence-corrected chi connectivity index (χ4v) is 5.82. The van der Waals surface area contributed by atoms with Crippen molar-refractivity contribution in [3.63, 3.8) is 0 Å². The van der Waals surface area contributed by atoms with Crippen molar-refractivity contribution in [3.05, 3.63) is 46.7 Å². The highest BCUT2D eigenvalue weighted by Gasteiger charge is 2.29. The number of benzene rings is 1. The lowest BCUT2D eigenvalue weighted by atomic mass is 9.97. The molecule has 1 fully saturated rings. The average molecular weight is 450 g/mol. The summed E-state index contributed by atoms with van der Waals surface area (Å²) in [7, 11) is -3.60. The lowest BCUT2D eigenvalue weighted by Crippen LogP contribution is -2.43. The van der Waals surface area contributed by atoms with Crippen LogP contribution in [0, 0.1) is 5.92 Å². The summed E-state index contributed by atoms with van der Waals surface area (Å²) >= 11 is 1.39. The van der Waals surface area contributed by atoms with E-state index in [0.717, 1.165) is 6.42 Å². The number of piperidine rings is 1. The normalized spacial score (nSPS) is 17.2. The molecule has 0 unspecified atom stereocenters. The Morgan fingerprint density at radius 3 is 2.63 bits per heavy atom. The molecule has 1 aromatic carbocycles. The van der Waals surface area contributed by atoms with Crippen LogP contribution >= 0.6 is 11.3 Å². The van der Waals surface area contributed by atoms with E-state index in [1.807, 2.05) is 11.4 Å². The van der Waals surface area contributed by atoms with Crippen LogP contribution in [-0.2, 0) is 14.8 Å². The molecule has 7 nitrogen and oxygen atoms in total. The molecule has 0 bridgehead atoms. The van der Waals surface area contributed by atoms with Gasteiger partial charge in [0.05, 0.1) is 15.7 Å². The van der Waals surface area contributed by atoms with Crippen molar-refractivity contribution in [2.75, 3.05) is 31.5 Å². The molecule has 0 saturated carbocycles. The predicted octanol–water partition coefficient (Wildman–Crippen LogP) is 3.27. The standard InChI is InChI=1S/C21H27N3O4S2/c1-3-24(4-2)30(27,28)18-10-5-9-17(14-18)22-20(25)16-8-6-12-23(15-16)21(26)19-11-7-13-29-19/h5,7,9-11,13-14,16H,3-4,6,8,12,15H2,1-2H3,(H,22,25)/t16-/m0/s1. The van der Waals surface area contributed by atoms with E-state index in [0.29, 0.717) is 43.2 Å². The Bertz CT molecular complexity index is 985. The Kier molecular flexibility index (Phi) is 7.27. The Labute approximate surface area is 181 Å². The average Bonchev–Trinajstić information content (AvgIpc) is 3.29. The largest absolute Gasteiger partial charge is 0.337 e. The van der Waals surface area contributed by atoms with Crippen LogP contribution < -0.4 is 5.32 Å². The molecule has 162 valence electrons. The molecule has 9 heteroatoms. The van der Waals surface area contributed by atoms with Gasteiger partial charge in [-0.25, -0.2) is 8.42 Å². The van der Waals surface area contributed by atoms with Crippen molar-refractivity contribution in [2.45, 2.75) is 31.6 Å². The van der Waals surface area contributed by atoms with Crippen LogP contribution in [0.1, 0.15) is 36.4 Å². The number of amides is 2. The van der Waals surface area contributed by atoms with Gasteiger partial charge < -0.3 is 10.2 Å². The first-order valence-electron chi connectivity index (χ1n) is 10.1. The van der Waals surface area contributed by atoms with Gasteiger partial charge in [-0.3, -0.25) is 9.59 Å². The summed E-state index contributed by atoms with van der Waals surface area (Å²) in [6, 6.07) is 9.95. The first-order valence-corrected chi connectivity index (χ1v) is 12.4. The van der Waals surface area contributed by atoms with Crippen molar-refractivity contribution >= 4 is 38.9 Å². The molecule has 0 radical (unpaired) electrons. The number of likely N-dealkylation sites (tertiary alicyclic amines) is 1. The third kappa shape index (κ3) is 4.91. The number of sulfonamides is 1. The first-order chi connectivity index (χ1) is 14.4. The molecular weight excluding hydrogens is 422 g/mol. The maximum Gasteiger partial charge on any atom is 0.263 e. The van der Waals surface area contributed by atoms with Gasteiger partial charge in [-0.1, -0.05) is 26.0 Å². The molecule has 3 rings (SSSR count). The molecule has 0 aliphatic carbocycles. The lowest BCUT2D eigenvalue weighted by Gasteiger charge is -2.31. The van der Waals surface area contributed by atoms with Gasteiger partial charge in [0, 0.05) is 31.9 Å². The van der Waals surface area contributed by atoms with E-state index in [4.69, 9.17) is 0 Å². The molecule has 1 aromatic heterocycles. The van der Waals surface area contributed by atoms with Gasteiger partial charge in [-0.2, -0.15) is 4.31 Å². The number of anilines is 1. The third-order valence-corrected chi connectivity index (χ3v) is 8.16. The summed E-state index contributed by atoms with van der Waals surface area (Å²) in [5.41, 5.74) is 0.440. The Morgan fingerprint density at radius 2 is 1.97 bits per heavy atom. The number of nitrogens with one attached hydrogen (secondary N) is 1. The molecule has 2 heterocycles. The van der Waals surface area contributed by atoms with Crippen LogP contribution in [0.5, 0.6) is 0 Å². The van der Waals surface area contributed by atoms with Crippen LogP contribution in [0.25, 0.3) is 0 Å². The van der Waals surface area contributed by atoms with Gasteiger partial charge in [-0.15, -0.1) is 11.3 Å². The Hall–Kier alpha value is -2.23. The topological polar surface area (TPSA) is 86.8 Å². The number of carbonyl (C=O) groups is 2. The molecule has 1 N–H and O–H groups in total. The van der Waals surface area contributed by atoms with Gasteiger partial charge >= 0.3 is 0 Å². The second kappa shape index (κ2) is 9.72. The number of thiophene rings is 1. The molecule has 1 aliphatic rings. The molecule has 0 spiro atoms. The highest BCUT2D eigenvalue weighted by Crippen LogP contribution is 2.24. The summed E-state index contributed by atoms with van der Waals surface area (Å²) in [5, 5.41) is 4.70. The minimum absolute atomic E-state index is 0.0465. The van der Waals surface area contributed by atoms with Crippen molar-refractivity contribution < 1.29 is 18.0 Å². The molecular formula is C21H27N3O4S2. The zero-order valence-corrected chi connectivity index (χ0v) is 18.8. The molecule has 1 atom stereocenters. The maximum absolute atomic E-state index is 12.8. The van der Waals surface area contributed by atoms with Gasteiger partial charge in [0.25, 0.3) is 5.91 Å². The highest BCUT2D eigenvalue weighted by atomic mass is 32.2. The van der Waals surface area contributed by atoms with Crippen LogP contribution in [0.2, 0.25) is 0 Å². The second-order valence-corrected chi connectivity index (χ2v) is 10.1. The minimum atomic E-state index is -3.60. The van der Waals surface area contributed by atoms with E-state index in [-0.39, 0.29) is 22.6 Å². The smallest absolute Gasteiger partial charge is 0.263 e. The molecule has 30 heavy (non-hydrogen) atoms. The third-order valence-electron chi connectivity index (χ3n) is 5.26. The van der Waals surface area contributed by atoms with E-state index in [2.05, 4.69) is 5.32 Å². The zero-order valence-electron chi connectivity index (χ0n) is 17.2. The highest BCUT2D eigenvalue weighted by molar-refractivity contribution is 7.89. The van der Waals surface area contributed by atoms with Crippen molar-refractivity contribution in [2.24, 2.45) is 5.92 Å². The van der Waals surface area contributed by atoms with Crippen LogP contribution in [-0.4, -0.2) is 55.6 Å². The Balaban J connectivity index is 1.69. The van der Waals surface area contributed by atoms with E-state index < -0.39 is 10.0 Å². The summed E-state index contributed by atoms with van der Waals surface area (Å²) in [5.74, 6) is -0.573. The lowest BCUT2D eigenvalue weighted by molar-refractivity contribution is -0.121. The summed E-state index contributed by atoms with van der Waals surface area (Å²) < 4.78 is 26.8. The second-order valence-electron chi connectivity index (χ2n) is 7.17. The summed E-state index contributed by atoms with van der Waals surface area (Å²) in [4.78, 5) is 28.0. The Morgan fingerprint density at radius 1 is 1.20 bits per heavy atom. The number of hydrogen-bond acceptors (Lipinski definition) is 5. The number of carbonyl (C=O) groups excluding carboxylic acids is 2. The molecule has 1 aliphatic heterocycles. The van der Waals surface area contributed by atoms with Crippen molar-refractivity contribution in [1.29, 1.82) is 0 Å². The zero-order chi connectivity index (χ0) is 21.7. The fraction of sp³-hybridized carbons (Fsp3) is 0.429. The van der Waals surface area contributed by atoms with Gasteiger partial charge in [0.15, 0.2) is 0 Å². The fourth-order valence-electron chi connectivity index (χ4n) is 3.62. The van der Waals surface area contributed by atoms with Crippen molar-refractivity contribution in [3.8, 4) is 0 Å². The maximum atomic E-state index is 12.8. The molecule has 1 saturated heterocycles. The van der Waals surface area contributed by atoms with Crippen LogP contribution in [0.15, 0.2) is 46.7 Å². The van der Waals surface area contributed by atoms with E-state index in [1.165, 1.54) is 27.8 Å². The molecule has 2 amide bonds. The minimum Gasteiger partial charge on any atom is -0.337 e.